The molecule has 5 N–H and O–H groups in total. The van der Waals surface area contributed by atoms with Crippen LogP contribution in [0.15, 0.2) is 41.8 Å². The number of alkyl halides is 3. The Bertz CT molecular complexity index is 1450. The van der Waals surface area contributed by atoms with Crippen molar-refractivity contribution in [2.75, 3.05) is 11.1 Å². The molecule has 0 bridgehead atoms. The second kappa shape index (κ2) is 8.22. The number of rotatable bonds is 3. The van der Waals surface area contributed by atoms with Crippen LogP contribution >= 0.6 is 34.9 Å². The summed E-state index contributed by atoms with van der Waals surface area (Å²) < 4.78 is 39.2. The van der Waals surface area contributed by atoms with Crippen molar-refractivity contribution in [1.29, 1.82) is 0 Å². The Morgan fingerprint density at radius 3 is 2.68 bits per heavy atom. The van der Waals surface area contributed by atoms with Crippen molar-refractivity contribution < 1.29 is 18.0 Å². The minimum Gasteiger partial charge on any atom is -0.397 e. The number of nitrogens with zero attached hydrogens (tertiary/aromatic N) is 2. The molecule has 0 radical (unpaired) electrons. The molecular weight excluding hydrogens is 503 g/mol. The van der Waals surface area contributed by atoms with Crippen LogP contribution in [0.4, 0.5) is 24.5 Å². The Morgan fingerprint density at radius 2 is 2.00 bits per heavy atom. The number of thiocarbonyl (C=S) groups is 1. The number of nitrogens with two attached hydrogens (primary N) is 2. The fraction of sp³-hybridized carbons (Fsp3) is 0.136. The number of anilines is 2. The molecule has 0 spiro atoms. The van der Waals surface area contributed by atoms with Crippen LogP contribution in [0.3, 0.4) is 0 Å². The first kappa shape index (κ1) is 22.6. The minimum atomic E-state index is -4.45. The highest BCUT2D eigenvalue weighted by Crippen LogP contribution is 2.45. The van der Waals surface area contributed by atoms with Gasteiger partial charge in [-0.2, -0.15) is 13.2 Å². The molecular formula is C22H16F3N5OS3. The summed E-state index contributed by atoms with van der Waals surface area (Å²) in [6, 6.07) is 8.77. The summed E-state index contributed by atoms with van der Waals surface area (Å²) in [5, 5.41) is 5.81. The third-order valence-electron chi connectivity index (χ3n) is 5.47. The first-order chi connectivity index (χ1) is 16.1. The number of carbonyl (C=O) groups excluding carboxylic acids is 1. The Balaban J connectivity index is 1.51. The third kappa shape index (κ3) is 3.87. The molecule has 4 heterocycles. The SMILES string of the molecule is NC(=O)c1sc2nc3c(c(-c4cccs4)c2c1N)CN(C(=S)Nc1cccc(C(F)(F)F)c1)C3. The van der Waals surface area contributed by atoms with Gasteiger partial charge in [0.1, 0.15) is 9.71 Å². The summed E-state index contributed by atoms with van der Waals surface area (Å²) in [4.78, 5) is 20.3. The van der Waals surface area contributed by atoms with Crippen molar-refractivity contribution in [2.24, 2.45) is 5.73 Å². The molecule has 1 aliphatic heterocycles. The van der Waals surface area contributed by atoms with Gasteiger partial charge in [-0.25, -0.2) is 4.98 Å². The fourth-order valence-corrected chi connectivity index (χ4v) is 5.99. The van der Waals surface area contributed by atoms with Gasteiger partial charge in [-0.15, -0.1) is 22.7 Å². The van der Waals surface area contributed by atoms with Crippen LogP contribution in [-0.2, 0) is 19.3 Å². The molecule has 1 aliphatic rings. The zero-order chi connectivity index (χ0) is 24.2. The van der Waals surface area contributed by atoms with Crippen molar-refractivity contribution in [1.82, 2.24) is 9.88 Å². The first-order valence-electron chi connectivity index (χ1n) is 9.94. The van der Waals surface area contributed by atoms with E-state index in [4.69, 9.17) is 28.7 Å². The highest BCUT2D eigenvalue weighted by Gasteiger charge is 2.32. The lowest BCUT2D eigenvalue weighted by Crippen LogP contribution is -2.30. The number of nitrogen functional groups attached to an aromatic ring is 1. The van der Waals surface area contributed by atoms with Crippen molar-refractivity contribution in [2.45, 2.75) is 19.3 Å². The van der Waals surface area contributed by atoms with E-state index < -0.39 is 17.6 Å². The Kier molecular flexibility index (Phi) is 5.46. The number of hydrogen-bond donors (Lipinski definition) is 3. The highest BCUT2D eigenvalue weighted by atomic mass is 32.1. The van der Waals surface area contributed by atoms with Gasteiger partial charge in [0.2, 0.25) is 0 Å². The minimum absolute atomic E-state index is 0.249. The van der Waals surface area contributed by atoms with Gasteiger partial charge in [0.05, 0.1) is 23.5 Å². The monoisotopic (exact) mass is 519 g/mol. The summed E-state index contributed by atoms with van der Waals surface area (Å²) in [5.74, 6) is -0.606. The molecule has 0 atom stereocenters. The maximum atomic E-state index is 13.1. The molecule has 3 aromatic heterocycles. The van der Waals surface area contributed by atoms with E-state index in [-0.39, 0.29) is 15.7 Å². The molecule has 6 nitrogen and oxygen atoms in total. The van der Waals surface area contributed by atoms with E-state index >= 15 is 0 Å². The number of halogens is 3. The van der Waals surface area contributed by atoms with E-state index in [0.717, 1.165) is 45.2 Å². The summed E-state index contributed by atoms with van der Waals surface area (Å²) >= 11 is 8.19. The molecule has 4 aromatic rings. The smallest absolute Gasteiger partial charge is 0.397 e. The van der Waals surface area contributed by atoms with Gasteiger partial charge in [-0.05, 0) is 41.9 Å². The van der Waals surface area contributed by atoms with Gasteiger partial charge in [0.15, 0.2) is 5.11 Å². The van der Waals surface area contributed by atoms with Crippen LogP contribution in [0.25, 0.3) is 20.7 Å². The van der Waals surface area contributed by atoms with E-state index in [1.54, 1.807) is 0 Å². The number of pyridine rings is 1. The summed E-state index contributed by atoms with van der Waals surface area (Å²) in [6.45, 7) is 0.746. The number of amides is 1. The largest absolute Gasteiger partial charge is 0.416 e. The average Bonchev–Trinajstić information content (AvgIpc) is 3.51. The van der Waals surface area contributed by atoms with Gasteiger partial charge in [0.25, 0.3) is 5.91 Å². The van der Waals surface area contributed by atoms with E-state index in [1.807, 2.05) is 22.4 Å². The average molecular weight is 520 g/mol. The zero-order valence-corrected chi connectivity index (χ0v) is 19.7. The normalized spacial score (nSPS) is 13.3. The van der Waals surface area contributed by atoms with Crippen molar-refractivity contribution in [3.05, 3.63) is 63.5 Å². The van der Waals surface area contributed by atoms with Crippen LogP contribution in [0.2, 0.25) is 0 Å². The van der Waals surface area contributed by atoms with Crippen molar-refractivity contribution in [3.8, 4) is 10.4 Å². The number of primary amides is 1. The first-order valence-corrected chi connectivity index (χ1v) is 12.0. The lowest BCUT2D eigenvalue weighted by Gasteiger charge is -2.20. The van der Waals surface area contributed by atoms with Crippen LogP contribution in [0, 0.1) is 0 Å². The number of aromatic nitrogens is 1. The second-order valence-corrected chi connectivity index (χ2v) is 9.98. The number of hydrogen-bond acceptors (Lipinski definition) is 6. The van der Waals surface area contributed by atoms with Gasteiger partial charge < -0.3 is 21.7 Å². The number of thiophene rings is 2. The van der Waals surface area contributed by atoms with Crippen LogP contribution in [0.1, 0.15) is 26.5 Å². The van der Waals surface area contributed by atoms with Crippen LogP contribution < -0.4 is 16.8 Å². The van der Waals surface area contributed by atoms with Gasteiger partial charge >= 0.3 is 6.18 Å². The van der Waals surface area contributed by atoms with E-state index in [9.17, 15) is 18.0 Å². The Labute approximate surface area is 205 Å². The van der Waals surface area contributed by atoms with Crippen LogP contribution in [-0.4, -0.2) is 20.9 Å². The van der Waals surface area contributed by atoms with E-state index in [0.29, 0.717) is 29.0 Å². The van der Waals surface area contributed by atoms with Crippen LogP contribution in [0.5, 0.6) is 0 Å². The Morgan fingerprint density at radius 1 is 1.21 bits per heavy atom. The van der Waals surface area contributed by atoms with Gasteiger partial charge in [0, 0.05) is 33.6 Å². The molecule has 0 fully saturated rings. The molecule has 1 amide bonds. The van der Waals surface area contributed by atoms with E-state index in [1.165, 1.54) is 23.5 Å². The van der Waals surface area contributed by atoms with Gasteiger partial charge in [-0.1, -0.05) is 12.1 Å². The van der Waals surface area contributed by atoms with Gasteiger partial charge in [-0.3, -0.25) is 4.79 Å². The number of benzene rings is 1. The summed E-state index contributed by atoms with van der Waals surface area (Å²) in [6.07, 6.45) is -4.45. The molecule has 0 unspecified atom stereocenters. The number of fused-ring (bicyclic) bond motifs is 2. The quantitative estimate of drug-likeness (QED) is 0.312. The Hall–Kier alpha value is -3.22. The molecule has 34 heavy (non-hydrogen) atoms. The maximum absolute atomic E-state index is 13.1. The molecule has 1 aromatic carbocycles. The summed E-state index contributed by atoms with van der Waals surface area (Å²) in [7, 11) is 0. The molecule has 174 valence electrons. The molecule has 12 heteroatoms. The highest BCUT2D eigenvalue weighted by molar-refractivity contribution is 7.80. The van der Waals surface area contributed by atoms with E-state index in [2.05, 4.69) is 5.32 Å². The topological polar surface area (TPSA) is 97.3 Å². The fourth-order valence-electron chi connectivity index (χ4n) is 3.96. The predicted molar refractivity (Wildman–Crippen MR) is 133 cm³/mol. The number of carbonyl (C=O) groups is 1. The third-order valence-corrected chi connectivity index (χ3v) is 7.83. The second-order valence-electron chi connectivity index (χ2n) is 7.64. The lowest BCUT2D eigenvalue weighted by molar-refractivity contribution is -0.137. The standard InChI is InChI=1S/C22H16F3N5OS3/c23-22(24,25)10-3-1-4-11(7-10)28-21(32)30-8-12-13(9-30)29-20-16(15(12)14-5-2-6-33-14)17(26)18(34-20)19(27)31/h1-7H,8-9,26H2,(H2,27,31)(H,28,32). The molecule has 0 saturated heterocycles. The molecule has 0 aliphatic carbocycles. The zero-order valence-electron chi connectivity index (χ0n) is 17.3. The summed E-state index contributed by atoms with van der Waals surface area (Å²) in [5.41, 5.74) is 14.2. The predicted octanol–water partition coefficient (Wildman–Crippen LogP) is 5.44. The molecule has 5 rings (SSSR count). The van der Waals surface area contributed by atoms with Crippen molar-refractivity contribution in [3.63, 3.8) is 0 Å². The number of nitrogens with one attached hydrogen (secondary N) is 1. The maximum Gasteiger partial charge on any atom is 0.416 e. The lowest BCUT2D eigenvalue weighted by atomic mass is 10.0. The van der Waals surface area contributed by atoms with Crippen molar-refractivity contribution >= 4 is 67.5 Å². The molecule has 0 saturated carbocycles.